The summed E-state index contributed by atoms with van der Waals surface area (Å²) in [5.41, 5.74) is 6.74. The van der Waals surface area contributed by atoms with Gasteiger partial charge in [0.05, 0.1) is 5.84 Å². The topological polar surface area (TPSA) is 53.1 Å². The first kappa shape index (κ1) is 14.2. The fraction of sp³-hybridized carbons (Fsp3) is 0.462. The highest BCUT2D eigenvalue weighted by atomic mass is 79.9. The van der Waals surface area contributed by atoms with Crippen molar-refractivity contribution in [3.8, 4) is 0 Å². The minimum Gasteiger partial charge on any atom is -0.388 e. The molecule has 0 fully saturated rings. The summed E-state index contributed by atoms with van der Waals surface area (Å²) in [6.07, 6.45) is 1.64. The van der Waals surface area contributed by atoms with Crippen LogP contribution in [0.15, 0.2) is 28.7 Å². The van der Waals surface area contributed by atoms with Gasteiger partial charge >= 0.3 is 0 Å². The summed E-state index contributed by atoms with van der Waals surface area (Å²) >= 11 is 3.55. The molecule has 0 aliphatic rings. The van der Waals surface area contributed by atoms with Crippen LogP contribution < -0.4 is 5.73 Å². The molecule has 1 aromatic carbocycles. The molecule has 0 amide bonds. The second-order valence-electron chi connectivity index (χ2n) is 4.30. The molecular formula is C13H20BrN3. The molecule has 1 atom stereocenters. The van der Waals surface area contributed by atoms with Gasteiger partial charge in [0.25, 0.3) is 0 Å². The Morgan fingerprint density at radius 1 is 1.47 bits per heavy atom. The number of halogens is 1. The van der Waals surface area contributed by atoms with Crippen LogP contribution in [-0.2, 0) is 6.54 Å². The van der Waals surface area contributed by atoms with E-state index < -0.39 is 0 Å². The number of benzene rings is 1. The van der Waals surface area contributed by atoms with Gasteiger partial charge in [-0.25, -0.2) is 0 Å². The molecular weight excluding hydrogens is 278 g/mol. The summed E-state index contributed by atoms with van der Waals surface area (Å²) in [6, 6.07) is 8.55. The van der Waals surface area contributed by atoms with Crippen molar-refractivity contribution in [2.45, 2.75) is 32.4 Å². The van der Waals surface area contributed by atoms with E-state index in [1.54, 1.807) is 0 Å². The van der Waals surface area contributed by atoms with Crippen molar-refractivity contribution in [1.82, 2.24) is 4.90 Å². The van der Waals surface area contributed by atoms with Gasteiger partial charge in [-0.3, -0.25) is 10.3 Å². The highest BCUT2D eigenvalue weighted by molar-refractivity contribution is 9.10. The number of hydrogen-bond donors (Lipinski definition) is 2. The van der Waals surface area contributed by atoms with Crippen molar-refractivity contribution in [2.75, 3.05) is 7.05 Å². The molecule has 17 heavy (non-hydrogen) atoms. The van der Waals surface area contributed by atoms with Gasteiger partial charge in [-0.05, 0) is 25.1 Å². The van der Waals surface area contributed by atoms with Gasteiger partial charge in [0, 0.05) is 23.5 Å². The van der Waals surface area contributed by atoms with E-state index in [4.69, 9.17) is 11.1 Å². The lowest BCUT2D eigenvalue weighted by atomic mass is 10.1. The van der Waals surface area contributed by atoms with E-state index in [-0.39, 0.29) is 5.84 Å². The largest absolute Gasteiger partial charge is 0.388 e. The summed E-state index contributed by atoms with van der Waals surface area (Å²) in [4.78, 5) is 2.25. The van der Waals surface area contributed by atoms with Crippen LogP contribution in [0.2, 0.25) is 0 Å². The Hall–Kier alpha value is -0.870. The Kier molecular flexibility index (Phi) is 5.65. The van der Waals surface area contributed by atoms with Gasteiger partial charge < -0.3 is 5.73 Å². The Morgan fingerprint density at radius 2 is 2.12 bits per heavy atom. The third kappa shape index (κ3) is 4.48. The average molecular weight is 298 g/mol. The molecule has 0 aliphatic heterocycles. The Balaban J connectivity index is 2.67. The van der Waals surface area contributed by atoms with Crippen molar-refractivity contribution < 1.29 is 0 Å². The maximum atomic E-state index is 7.39. The summed E-state index contributed by atoms with van der Waals surface area (Å²) in [6.45, 7) is 3.00. The van der Waals surface area contributed by atoms with Gasteiger partial charge in [0.15, 0.2) is 0 Å². The summed E-state index contributed by atoms with van der Waals surface area (Å²) in [5, 5.41) is 7.39. The summed E-state index contributed by atoms with van der Waals surface area (Å²) in [7, 11) is 2.08. The Labute approximate surface area is 112 Å². The van der Waals surface area contributed by atoms with Gasteiger partial charge in [-0.15, -0.1) is 0 Å². The van der Waals surface area contributed by atoms with Crippen LogP contribution >= 0.6 is 15.9 Å². The maximum Gasteiger partial charge on any atom is 0.0921 e. The maximum absolute atomic E-state index is 7.39. The molecule has 0 spiro atoms. The number of rotatable bonds is 6. The minimum atomic E-state index is 0.260. The van der Waals surface area contributed by atoms with Crippen molar-refractivity contribution in [2.24, 2.45) is 5.73 Å². The highest BCUT2D eigenvalue weighted by Crippen LogP contribution is 2.19. The molecule has 1 unspecified atom stereocenters. The highest BCUT2D eigenvalue weighted by Gasteiger charge is 2.14. The number of nitrogens with one attached hydrogen (secondary N) is 1. The Morgan fingerprint density at radius 3 is 2.65 bits per heavy atom. The van der Waals surface area contributed by atoms with Gasteiger partial charge in [-0.2, -0.15) is 0 Å². The molecule has 0 radical (unpaired) electrons. The van der Waals surface area contributed by atoms with Crippen LogP contribution in [0.4, 0.5) is 0 Å². The molecule has 3 N–H and O–H groups in total. The van der Waals surface area contributed by atoms with Crippen LogP contribution in [0.1, 0.15) is 25.3 Å². The third-order valence-corrected chi connectivity index (χ3v) is 3.70. The molecule has 4 heteroatoms. The number of amidine groups is 1. The lowest BCUT2D eigenvalue weighted by Crippen LogP contribution is -2.34. The second-order valence-corrected chi connectivity index (χ2v) is 5.15. The summed E-state index contributed by atoms with van der Waals surface area (Å²) < 4.78 is 1.13. The normalized spacial score (nSPS) is 12.7. The summed E-state index contributed by atoms with van der Waals surface area (Å²) in [5.74, 6) is 0.260. The molecule has 0 aliphatic carbocycles. The first-order valence-electron chi connectivity index (χ1n) is 5.81. The lowest BCUT2D eigenvalue weighted by Gasteiger charge is -2.27. The van der Waals surface area contributed by atoms with Crippen LogP contribution in [0.5, 0.6) is 0 Å². The van der Waals surface area contributed by atoms with E-state index in [1.165, 1.54) is 5.56 Å². The number of hydrogen-bond acceptors (Lipinski definition) is 2. The quantitative estimate of drug-likeness (QED) is 0.626. The standard InChI is InChI=1S/C13H20BrN3/c1-3-11(8-13(15)16)17(2)9-10-6-4-5-7-12(10)14/h4-7,11H,3,8-9H2,1-2H3,(H3,15,16). The molecule has 0 saturated heterocycles. The van der Waals surface area contributed by atoms with E-state index in [1.807, 2.05) is 12.1 Å². The average Bonchev–Trinajstić information content (AvgIpc) is 2.28. The molecule has 0 heterocycles. The zero-order valence-corrected chi connectivity index (χ0v) is 12.0. The second kappa shape index (κ2) is 6.77. The Bertz CT molecular complexity index is 379. The van der Waals surface area contributed by atoms with Gasteiger partial charge in [-0.1, -0.05) is 41.1 Å². The van der Waals surface area contributed by atoms with Crippen molar-refractivity contribution in [3.63, 3.8) is 0 Å². The lowest BCUT2D eigenvalue weighted by molar-refractivity contribution is 0.232. The van der Waals surface area contributed by atoms with E-state index in [0.717, 1.165) is 17.4 Å². The molecule has 1 aromatic rings. The third-order valence-electron chi connectivity index (χ3n) is 2.93. The van der Waals surface area contributed by atoms with E-state index in [2.05, 4.69) is 46.9 Å². The van der Waals surface area contributed by atoms with E-state index in [9.17, 15) is 0 Å². The zero-order chi connectivity index (χ0) is 12.8. The monoisotopic (exact) mass is 297 g/mol. The fourth-order valence-electron chi connectivity index (χ4n) is 1.89. The SMILES string of the molecule is CCC(CC(=N)N)N(C)Cc1ccccc1Br. The van der Waals surface area contributed by atoms with Crippen molar-refractivity contribution in [3.05, 3.63) is 34.3 Å². The molecule has 0 bridgehead atoms. The van der Waals surface area contributed by atoms with Gasteiger partial charge in [0.1, 0.15) is 0 Å². The number of nitrogens with zero attached hydrogens (tertiary/aromatic N) is 1. The minimum absolute atomic E-state index is 0.260. The van der Waals surface area contributed by atoms with Crippen molar-refractivity contribution in [1.29, 1.82) is 5.41 Å². The van der Waals surface area contributed by atoms with E-state index >= 15 is 0 Å². The van der Waals surface area contributed by atoms with E-state index in [0.29, 0.717) is 12.5 Å². The van der Waals surface area contributed by atoms with Crippen LogP contribution in [0.25, 0.3) is 0 Å². The predicted octanol–water partition coefficient (Wildman–Crippen LogP) is 2.99. The van der Waals surface area contributed by atoms with Crippen LogP contribution in [0.3, 0.4) is 0 Å². The fourth-order valence-corrected chi connectivity index (χ4v) is 2.30. The molecule has 0 aromatic heterocycles. The smallest absolute Gasteiger partial charge is 0.0921 e. The van der Waals surface area contributed by atoms with Gasteiger partial charge in [0.2, 0.25) is 0 Å². The van der Waals surface area contributed by atoms with Crippen LogP contribution in [0, 0.1) is 5.41 Å². The van der Waals surface area contributed by atoms with Crippen LogP contribution in [-0.4, -0.2) is 23.8 Å². The molecule has 3 nitrogen and oxygen atoms in total. The molecule has 94 valence electrons. The number of nitrogens with two attached hydrogens (primary N) is 1. The first-order valence-corrected chi connectivity index (χ1v) is 6.60. The molecule has 1 rings (SSSR count). The van der Waals surface area contributed by atoms with Crippen molar-refractivity contribution >= 4 is 21.8 Å². The predicted molar refractivity (Wildman–Crippen MR) is 76.2 cm³/mol. The molecule has 0 saturated carbocycles. The first-order chi connectivity index (χ1) is 8.04. The zero-order valence-electron chi connectivity index (χ0n) is 10.4.